The predicted molar refractivity (Wildman–Crippen MR) is 103 cm³/mol. The van der Waals surface area contributed by atoms with Gasteiger partial charge in [-0.2, -0.15) is 12.3 Å². The van der Waals surface area contributed by atoms with Crippen molar-refractivity contribution in [1.29, 1.82) is 0 Å². The Labute approximate surface area is 155 Å². The number of aromatic nitrogens is 1. The van der Waals surface area contributed by atoms with Crippen molar-refractivity contribution >= 4 is 15.8 Å². The average Bonchev–Trinajstić information content (AvgIpc) is 2.88. The lowest BCUT2D eigenvalue weighted by Gasteiger charge is -2.35. The van der Waals surface area contributed by atoms with E-state index < -0.39 is 10.0 Å². The summed E-state index contributed by atoms with van der Waals surface area (Å²) in [6, 6.07) is 10.4. The molecule has 3 rings (SSSR count). The molecule has 0 fully saturated rings. The van der Waals surface area contributed by atoms with E-state index in [-0.39, 0.29) is 10.4 Å². The summed E-state index contributed by atoms with van der Waals surface area (Å²) in [4.78, 5) is 4.65. The fourth-order valence-electron chi connectivity index (χ4n) is 3.60. The molecule has 26 heavy (non-hydrogen) atoms. The standard InChI is InChI=1S/C20H24N3O2S/c1-14-12-20(21)22-17(4)19(14)13-23(15(2)10-11-16(23)3)26(24,25)18-8-6-5-7-9-18/h5-12H,13H2,1-4H3,(H2,21,22)/q+1. The van der Waals surface area contributed by atoms with Gasteiger partial charge < -0.3 is 5.73 Å². The third kappa shape index (κ3) is 2.66. The molecule has 6 heteroatoms. The molecule has 0 unspecified atom stereocenters. The van der Waals surface area contributed by atoms with E-state index in [0.29, 0.717) is 10.7 Å². The molecular weight excluding hydrogens is 346 g/mol. The van der Waals surface area contributed by atoms with Gasteiger partial charge >= 0.3 is 10.0 Å². The predicted octanol–water partition coefficient (Wildman–Crippen LogP) is 3.81. The maximum atomic E-state index is 13.7. The van der Waals surface area contributed by atoms with Crippen molar-refractivity contribution in [2.24, 2.45) is 0 Å². The van der Waals surface area contributed by atoms with Crippen LogP contribution in [-0.2, 0) is 16.6 Å². The zero-order chi connectivity index (χ0) is 19.1. The molecule has 1 aliphatic rings. The van der Waals surface area contributed by atoms with Gasteiger partial charge in [0.25, 0.3) is 0 Å². The van der Waals surface area contributed by atoms with Crippen LogP contribution >= 0.6 is 0 Å². The molecule has 0 bridgehead atoms. The van der Waals surface area contributed by atoms with Crippen molar-refractivity contribution in [3.8, 4) is 0 Å². The number of pyridine rings is 1. The average molecular weight is 370 g/mol. The zero-order valence-electron chi connectivity index (χ0n) is 15.5. The van der Waals surface area contributed by atoms with E-state index in [2.05, 4.69) is 4.98 Å². The monoisotopic (exact) mass is 370 g/mol. The maximum absolute atomic E-state index is 13.7. The maximum Gasteiger partial charge on any atom is 0.336 e. The third-order valence-electron chi connectivity index (χ3n) is 5.11. The summed E-state index contributed by atoms with van der Waals surface area (Å²) in [6.45, 7) is 7.83. The Morgan fingerprint density at radius 2 is 1.58 bits per heavy atom. The lowest BCUT2D eigenvalue weighted by atomic mass is 10.1. The van der Waals surface area contributed by atoms with Crippen LogP contribution in [0.5, 0.6) is 0 Å². The topological polar surface area (TPSA) is 73.0 Å². The molecule has 1 aliphatic heterocycles. The van der Waals surface area contributed by atoms with Crippen molar-refractivity contribution in [3.05, 3.63) is 76.8 Å². The molecule has 1 aromatic carbocycles. The van der Waals surface area contributed by atoms with Gasteiger partial charge in [-0.3, -0.25) is 0 Å². The molecule has 0 aliphatic carbocycles. The second-order valence-electron chi connectivity index (χ2n) is 6.73. The van der Waals surface area contributed by atoms with Crippen LogP contribution in [0.1, 0.15) is 30.7 Å². The van der Waals surface area contributed by atoms with Crippen LogP contribution < -0.4 is 5.73 Å². The normalized spacial score (nSPS) is 16.3. The molecule has 2 heterocycles. The molecule has 0 atom stereocenters. The van der Waals surface area contributed by atoms with Crippen molar-refractivity contribution in [2.45, 2.75) is 39.1 Å². The number of nitrogen functional groups attached to an aromatic ring is 1. The van der Waals surface area contributed by atoms with E-state index >= 15 is 0 Å². The molecule has 5 nitrogen and oxygen atoms in total. The number of hydrogen-bond acceptors (Lipinski definition) is 4. The number of sulfonamides is 1. The number of benzene rings is 1. The van der Waals surface area contributed by atoms with Crippen molar-refractivity contribution in [3.63, 3.8) is 0 Å². The summed E-state index contributed by atoms with van der Waals surface area (Å²) >= 11 is 0. The number of nitrogens with zero attached hydrogens (tertiary/aromatic N) is 2. The largest absolute Gasteiger partial charge is 0.384 e. The number of nitrogens with two attached hydrogens (primary N) is 1. The van der Waals surface area contributed by atoms with Gasteiger partial charge in [0.2, 0.25) is 0 Å². The molecular formula is C20H24N3O2S+. The van der Waals surface area contributed by atoms with E-state index in [0.717, 1.165) is 28.2 Å². The SMILES string of the molecule is CC1=CC=C(C)[N+]1(Cc1c(C)cc(N)nc1C)S(=O)(=O)c1ccccc1. The second-order valence-corrected chi connectivity index (χ2v) is 8.77. The minimum atomic E-state index is -3.70. The van der Waals surface area contributed by atoms with E-state index in [4.69, 9.17) is 5.73 Å². The van der Waals surface area contributed by atoms with E-state index in [1.54, 1.807) is 30.3 Å². The highest BCUT2D eigenvalue weighted by molar-refractivity contribution is 7.86. The number of hydrogen-bond donors (Lipinski definition) is 1. The summed E-state index contributed by atoms with van der Waals surface area (Å²) in [7, 11) is -3.70. The van der Waals surface area contributed by atoms with Gasteiger partial charge in [0.1, 0.15) is 28.7 Å². The Balaban J connectivity index is 2.24. The summed E-state index contributed by atoms with van der Waals surface area (Å²) in [5, 5.41) is 0. The van der Waals surface area contributed by atoms with E-state index in [1.165, 1.54) is 0 Å². The van der Waals surface area contributed by atoms with Crippen LogP contribution in [0.25, 0.3) is 0 Å². The molecule has 0 amide bonds. The molecule has 2 N–H and O–H groups in total. The Hall–Kier alpha value is -2.44. The van der Waals surface area contributed by atoms with Crippen molar-refractivity contribution in [2.75, 3.05) is 5.73 Å². The van der Waals surface area contributed by atoms with Crippen LogP contribution in [0.2, 0.25) is 0 Å². The Morgan fingerprint density at radius 3 is 2.12 bits per heavy atom. The molecule has 1 aromatic heterocycles. The highest BCUT2D eigenvalue weighted by Gasteiger charge is 2.50. The summed E-state index contributed by atoms with van der Waals surface area (Å²) in [5.74, 6) is 0.446. The van der Waals surface area contributed by atoms with Gasteiger partial charge in [-0.1, -0.05) is 18.2 Å². The van der Waals surface area contributed by atoms with E-state index in [9.17, 15) is 8.42 Å². The zero-order valence-corrected chi connectivity index (χ0v) is 16.3. The van der Waals surface area contributed by atoms with Gasteiger partial charge in [0, 0.05) is 37.3 Å². The molecule has 0 saturated carbocycles. The third-order valence-corrected chi connectivity index (χ3v) is 7.50. The lowest BCUT2D eigenvalue weighted by molar-refractivity contribution is -0.736. The van der Waals surface area contributed by atoms with Crippen LogP contribution in [-0.4, -0.2) is 17.3 Å². The molecule has 0 radical (unpaired) electrons. The molecule has 0 spiro atoms. The fourth-order valence-corrected chi connectivity index (χ4v) is 5.64. The number of allylic oxidation sites excluding steroid dienone is 4. The number of aryl methyl sites for hydroxylation is 2. The van der Waals surface area contributed by atoms with Crippen LogP contribution in [0.15, 0.2) is 64.8 Å². The van der Waals surface area contributed by atoms with Crippen LogP contribution in [0.4, 0.5) is 5.82 Å². The Bertz CT molecular complexity index is 981. The Morgan fingerprint density at radius 1 is 1.00 bits per heavy atom. The van der Waals surface area contributed by atoms with Crippen LogP contribution in [0, 0.1) is 13.8 Å². The first-order valence-electron chi connectivity index (χ1n) is 8.47. The van der Waals surface area contributed by atoms with Gasteiger partial charge in [0.05, 0.1) is 0 Å². The fraction of sp³-hybridized carbons (Fsp3) is 0.250. The summed E-state index contributed by atoms with van der Waals surface area (Å²) < 4.78 is 27.2. The molecule has 2 aromatic rings. The van der Waals surface area contributed by atoms with Gasteiger partial charge in [-0.15, -0.1) is 0 Å². The molecule has 136 valence electrons. The number of quaternary nitrogens is 1. The first-order chi connectivity index (χ1) is 12.2. The Kier molecular flexibility index (Phi) is 4.50. The minimum Gasteiger partial charge on any atom is -0.384 e. The second kappa shape index (κ2) is 6.37. The minimum absolute atomic E-state index is 0.232. The number of anilines is 1. The van der Waals surface area contributed by atoms with Crippen molar-refractivity contribution in [1.82, 2.24) is 4.98 Å². The van der Waals surface area contributed by atoms with Gasteiger partial charge in [-0.05, 0) is 37.6 Å². The molecule has 0 saturated heterocycles. The smallest absolute Gasteiger partial charge is 0.336 e. The highest BCUT2D eigenvalue weighted by atomic mass is 32.2. The van der Waals surface area contributed by atoms with Gasteiger partial charge in [0.15, 0.2) is 0 Å². The van der Waals surface area contributed by atoms with Crippen LogP contribution in [0.3, 0.4) is 0 Å². The quantitative estimate of drug-likeness (QED) is 0.831. The lowest BCUT2D eigenvalue weighted by Crippen LogP contribution is -2.47. The van der Waals surface area contributed by atoms with Crippen molar-refractivity contribution < 1.29 is 12.3 Å². The summed E-state index contributed by atoms with van der Waals surface area (Å²) in [5.41, 5.74) is 9.99. The number of rotatable bonds is 4. The van der Waals surface area contributed by atoms with Gasteiger partial charge in [-0.25, -0.2) is 4.98 Å². The summed E-state index contributed by atoms with van der Waals surface area (Å²) in [6.07, 6.45) is 3.76. The highest BCUT2D eigenvalue weighted by Crippen LogP contribution is 2.42. The first-order valence-corrected chi connectivity index (χ1v) is 9.91. The van der Waals surface area contributed by atoms with E-state index in [1.807, 2.05) is 45.9 Å². The first kappa shape index (κ1) is 18.4.